The first-order valence-corrected chi connectivity index (χ1v) is 8.23. The molecule has 0 amide bonds. The standard InChI is InChI=1S/C18H22N4O/c1-10(2)15-20-17-14-12(8-9-18(14,4)5)19-16(22(17)21-15)13-7-6-11(3)23-13/h6-7,10H,8-9H2,1-5H3. The first-order chi connectivity index (χ1) is 10.9. The van der Waals surface area contributed by atoms with Crippen molar-refractivity contribution in [2.75, 3.05) is 0 Å². The Morgan fingerprint density at radius 1 is 1.22 bits per heavy atom. The quantitative estimate of drug-likeness (QED) is 0.717. The third-order valence-electron chi connectivity index (χ3n) is 4.72. The SMILES string of the molecule is Cc1ccc(-c2nc3c(c4nc(C(C)C)nn24)C(C)(C)CC3)o1. The summed E-state index contributed by atoms with van der Waals surface area (Å²) in [7, 11) is 0. The van der Waals surface area contributed by atoms with Crippen LogP contribution in [0.1, 0.15) is 62.9 Å². The zero-order valence-corrected chi connectivity index (χ0v) is 14.3. The maximum atomic E-state index is 5.81. The fourth-order valence-corrected chi connectivity index (χ4v) is 3.39. The summed E-state index contributed by atoms with van der Waals surface area (Å²) in [4.78, 5) is 9.74. The lowest BCUT2D eigenvalue weighted by Crippen LogP contribution is -2.15. The Bertz CT molecular complexity index is 901. The Hall–Kier alpha value is -2.17. The van der Waals surface area contributed by atoms with E-state index in [9.17, 15) is 0 Å². The summed E-state index contributed by atoms with van der Waals surface area (Å²) < 4.78 is 7.68. The Balaban J connectivity index is 2.07. The summed E-state index contributed by atoms with van der Waals surface area (Å²) in [5.41, 5.74) is 3.39. The van der Waals surface area contributed by atoms with E-state index < -0.39 is 0 Å². The minimum absolute atomic E-state index is 0.0858. The molecule has 0 unspecified atom stereocenters. The number of nitrogens with zero attached hydrogens (tertiary/aromatic N) is 4. The molecule has 0 fully saturated rings. The van der Waals surface area contributed by atoms with E-state index in [-0.39, 0.29) is 11.3 Å². The Labute approximate surface area is 135 Å². The average molecular weight is 310 g/mol. The maximum Gasteiger partial charge on any atom is 0.199 e. The molecular weight excluding hydrogens is 288 g/mol. The van der Waals surface area contributed by atoms with Crippen molar-refractivity contribution >= 4 is 5.65 Å². The predicted octanol–water partition coefficient (Wildman–Crippen LogP) is 4.04. The summed E-state index contributed by atoms with van der Waals surface area (Å²) in [6.07, 6.45) is 2.07. The van der Waals surface area contributed by atoms with Crippen molar-refractivity contribution in [3.05, 3.63) is 35.0 Å². The van der Waals surface area contributed by atoms with Crippen LogP contribution >= 0.6 is 0 Å². The fourth-order valence-electron chi connectivity index (χ4n) is 3.39. The van der Waals surface area contributed by atoms with Crippen LogP contribution in [0.4, 0.5) is 0 Å². The zero-order chi connectivity index (χ0) is 16.4. The van der Waals surface area contributed by atoms with Gasteiger partial charge >= 0.3 is 0 Å². The van der Waals surface area contributed by atoms with E-state index in [4.69, 9.17) is 19.5 Å². The highest BCUT2D eigenvalue weighted by molar-refractivity contribution is 5.62. The van der Waals surface area contributed by atoms with E-state index in [1.807, 2.05) is 23.6 Å². The molecule has 0 aromatic carbocycles. The van der Waals surface area contributed by atoms with E-state index >= 15 is 0 Å². The van der Waals surface area contributed by atoms with Crippen LogP contribution in [0, 0.1) is 6.92 Å². The van der Waals surface area contributed by atoms with Crippen LogP contribution in [-0.4, -0.2) is 19.6 Å². The van der Waals surface area contributed by atoms with Crippen LogP contribution in [0.15, 0.2) is 16.5 Å². The van der Waals surface area contributed by atoms with Gasteiger partial charge in [0.2, 0.25) is 0 Å². The molecule has 0 saturated carbocycles. The number of furan rings is 1. The summed E-state index contributed by atoms with van der Waals surface area (Å²) in [6, 6.07) is 3.92. The van der Waals surface area contributed by atoms with Gasteiger partial charge in [0.05, 0.1) is 5.69 Å². The number of hydrogen-bond donors (Lipinski definition) is 0. The molecule has 1 aliphatic rings. The normalized spacial score (nSPS) is 16.4. The average Bonchev–Trinajstić information content (AvgIpc) is 3.15. The highest BCUT2D eigenvalue weighted by atomic mass is 16.3. The van der Waals surface area contributed by atoms with Gasteiger partial charge in [-0.15, -0.1) is 5.10 Å². The molecule has 0 aliphatic heterocycles. The smallest absolute Gasteiger partial charge is 0.199 e. The van der Waals surface area contributed by atoms with Crippen LogP contribution in [-0.2, 0) is 11.8 Å². The highest BCUT2D eigenvalue weighted by Crippen LogP contribution is 2.41. The summed E-state index contributed by atoms with van der Waals surface area (Å²) >= 11 is 0. The van der Waals surface area contributed by atoms with E-state index in [1.165, 1.54) is 5.56 Å². The maximum absolute atomic E-state index is 5.81. The molecule has 0 bridgehead atoms. The van der Waals surface area contributed by atoms with E-state index in [1.54, 1.807) is 0 Å². The van der Waals surface area contributed by atoms with Crippen molar-refractivity contribution in [2.45, 2.75) is 58.8 Å². The van der Waals surface area contributed by atoms with Crippen LogP contribution in [0.25, 0.3) is 17.2 Å². The molecule has 1 aliphatic carbocycles. The minimum Gasteiger partial charge on any atom is -0.458 e. The van der Waals surface area contributed by atoms with E-state index in [0.29, 0.717) is 0 Å². The molecule has 0 saturated heterocycles. The largest absolute Gasteiger partial charge is 0.458 e. The Morgan fingerprint density at radius 3 is 2.65 bits per heavy atom. The topological polar surface area (TPSA) is 56.2 Å². The number of aryl methyl sites for hydroxylation is 2. The Kier molecular flexibility index (Phi) is 2.92. The number of rotatable bonds is 2. The highest BCUT2D eigenvalue weighted by Gasteiger charge is 2.36. The molecule has 0 atom stereocenters. The van der Waals surface area contributed by atoms with E-state index in [0.717, 1.165) is 47.4 Å². The van der Waals surface area contributed by atoms with Crippen molar-refractivity contribution in [1.82, 2.24) is 19.6 Å². The van der Waals surface area contributed by atoms with Gasteiger partial charge in [-0.25, -0.2) is 9.97 Å². The van der Waals surface area contributed by atoms with Gasteiger partial charge in [0.1, 0.15) is 5.76 Å². The molecule has 3 aromatic heterocycles. The molecule has 23 heavy (non-hydrogen) atoms. The monoisotopic (exact) mass is 310 g/mol. The molecule has 0 spiro atoms. The second-order valence-electron chi connectivity index (χ2n) is 7.41. The number of aromatic nitrogens is 4. The van der Waals surface area contributed by atoms with E-state index in [2.05, 4.69) is 27.7 Å². The molecule has 120 valence electrons. The fraction of sp³-hybridized carbons (Fsp3) is 0.500. The number of fused-ring (bicyclic) bond motifs is 3. The number of hydrogen-bond acceptors (Lipinski definition) is 4. The minimum atomic E-state index is 0.0858. The van der Waals surface area contributed by atoms with Gasteiger partial charge in [-0.2, -0.15) is 4.52 Å². The second-order valence-corrected chi connectivity index (χ2v) is 7.41. The molecule has 3 aromatic rings. The first kappa shape index (κ1) is 14.4. The van der Waals surface area contributed by atoms with Crippen LogP contribution < -0.4 is 0 Å². The summed E-state index contributed by atoms with van der Waals surface area (Å²) in [5, 5.41) is 4.72. The lowest BCUT2D eigenvalue weighted by molar-refractivity contribution is 0.523. The molecule has 4 rings (SSSR count). The van der Waals surface area contributed by atoms with Gasteiger partial charge in [-0.3, -0.25) is 0 Å². The Morgan fingerprint density at radius 2 is 2.00 bits per heavy atom. The second kappa shape index (κ2) is 4.66. The van der Waals surface area contributed by atoms with Gasteiger partial charge in [-0.1, -0.05) is 27.7 Å². The lowest BCUT2D eigenvalue weighted by Gasteiger charge is -2.18. The van der Waals surface area contributed by atoms with Crippen LogP contribution in [0.3, 0.4) is 0 Å². The first-order valence-electron chi connectivity index (χ1n) is 8.23. The summed E-state index contributed by atoms with van der Waals surface area (Å²) in [5.74, 6) is 3.51. The lowest BCUT2D eigenvalue weighted by atomic mass is 9.87. The van der Waals surface area contributed by atoms with Crippen LogP contribution in [0.2, 0.25) is 0 Å². The van der Waals surface area contributed by atoms with Crippen molar-refractivity contribution in [3.63, 3.8) is 0 Å². The van der Waals surface area contributed by atoms with Gasteiger partial charge in [-0.05, 0) is 37.3 Å². The van der Waals surface area contributed by atoms with Gasteiger partial charge in [0, 0.05) is 11.5 Å². The molecule has 5 nitrogen and oxygen atoms in total. The zero-order valence-electron chi connectivity index (χ0n) is 14.3. The molecule has 3 heterocycles. The third kappa shape index (κ3) is 2.10. The van der Waals surface area contributed by atoms with Crippen molar-refractivity contribution in [3.8, 4) is 11.6 Å². The molecule has 5 heteroatoms. The van der Waals surface area contributed by atoms with Crippen molar-refractivity contribution < 1.29 is 4.42 Å². The van der Waals surface area contributed by atoms with Crippen LogP contribution in [0.5, 0.6) is 0 Å². The predicted molar refractivity (Wildman–Crippen MR) is 88.7 cm³/mol. The van der Waals surface area contributed by atoms with Crippen molar-refractivity contribution in [2.24, 2.45) is 0 Å². The van der Waals surface area contributed by atoms with Gasteiger partial charge in [0.25, 0.3) is 0 Å². The van der Waals surface area contributed by atoms with Gasteiger partial charge in [0.15, 0.2) is 23.1 Å². The molecule has 0 N–H and O–H groups in total. The van der Waals surface area contributed by atoms with Crippen molar-refractivity contribution in [1.29, 1.82) is 0 Å². The summed E-state index contributed by atoms with van der Waals surface area (Å²) in [6.45, 7) is 10.7. The third-order valence-corrected chi connectivity index (χ3v) is 4.72. The molecular formula is C18H22N4O. The molecule has 0 radical (unpaired) electrons. The van der Waals surface area contributed by atoms with Gasteiger partial charge < -0.3 is 4.42 Å².